The van der Waals surface area contributed by atoms with Crippen LogP contribution < -0.4 is 0 Å². The minimum Gasteiger partial charge on any atom is -0.329 e. The molecular formula is C20H25N7O. The van der Waals surface area contributed by atoms with Gasteiger partial charge in [0.1, 0.15) is 6.54 Å². The van der Waals surface area contributed by atoms with Gasteiger partial charge in [0.15, 0.2) is 11.6 Å². The standard InChI is InChI=1S/C20H25N7O/c1-4-14(2)18-20-22-19(16-6-5-8-21-12-16)24-27(20)11-10-26(18)17(28)13-25-9-7-15(3)23-25/h5-9,12,14,18H,4,10-11,13H2,1-3H3/t14-,18-/m0/s1. The number of pyridine rings is 1. The lowest BCUT2D eigenvalue weighted by atomic mass is 9.95. The van der Waals surface area contributed by atoms with E-state index in [2.05, 4.69) is 29.0 Å². The number of hydrogen-bond donors (Lipinski definition) is 0. The summed E-state index contributed by atoms with van der Waals surface area (Å²) in [5.74, 6) is 1.84. The van der Waals surface area contributed by atoms with Gasteiger partial charge in [-0.3, -0.25) is 14.5 Å². The van der Waals surface area contributed by atoms with Crippen LogP contribution >= 0.6 is 0 Å². The molecule has 0 unspecified atom stereocenters. The first-order valence-electron chi connectivity index (χ1n) is 9.71. The van der Waals surface area contributed by atoms with Crippen molar-refractivity contribution in [1.29, 1.82) is 0 Å². The molecule has 8 heteroatoms. The van der Waals surface area contributed by atoms with E-state index in [1.807, 2.05) is 40.9 Å². The van der Waals surface area contributed by atoms with E-state index >= 15 is 0 Å². The van der Waals surface area contributed by atoms with Crippen molar-refractivity contribution in [3.63, 3.8) is 0 Å². The maximum Gasteiger partial charge on any atom is 0.244 e. The van der Waals surface area contributed by atoms with E-state index < -0.39 is 0 Å². The molecule has 3 aromatic rings. The van der Waals surface area contributed by atoms with Gasteiger partial charge in [-0.2, -0.15) is 10.2 Å². The number of amides is 1. The van der Waals surface area contributed by atoms with Crippen LogP contribution in [0.3, 0.4) is 0 Å². The second-order valence-corrected chi connectivity index (χ2v) is 7.33. The Bertz CT molecular complexity index is 962. The van der Waals surface area contributed by atoms with Gasteiger partial charge in [0.25, 0.3) is 0 Å². The number of nitrogens with zero attached hydrogens (tertiary/aromatic N) is 7. The third-order valence-electron chi connectivity index (χ3n) is 5.35. The molecule has 2 atom stereocenters. The minimum absolute atomic E-state index is 0.0607. The van der Waals surface area contributed by atoms with Crippen LogP contribution in [0, 0.1) is 12.8 Å². The van der Waals surface area contributed by atoms with Crippen molar-refractivity contribution in [1.82, 2.24) is 34.4 Å². The number of hydrogen-bond acceptors (Lipinski definition) is 5. The van der Waals surface area contributed by atoms with Crippen molar-refractivity contribution >= 4 is 5.91 Å². The summed E-state index contributed by atoms with van der Waals surface area (Å²) in [7, 11) is 0. The van der Waals surface area contributed by atoms with Gasteiger partial charge in [-0.1, -0.05) is 20.3 Å². The lowest BCUT2D eigenvalue weighted by Crippen LogP contribution is -2.46. The summed E-state index contributed by atoms with van der Waals surface area (Å²) in [6.45, 7) is 7.73. The normalized spacial score (nSPS) is 17.4. The molecule has 28 heavy (non-hydrogen) atoms. The van der Waals surface area contributed by atoms with Crippen molar-refractivity contribution < 1.29 is 4.79 Å². The quantitative estimate of drug-likeness (QED) is 0.680. The minimum atomic E-state index is -0.0965. The van der Waals surface area contributed by atoms with Crippen LogP contribution in [-0.2, 0) is 17.9 Å². The van der Waals surface area contributed by atoms with Crippen LogP contribution in [0.2, 0.25) is 0 Å². The van der Waals surface area contributed by atoms with Crippen molar-refractivity contribution in [2.75, 3.05) is 6.54 Å². The largest absolute Gasteiger partial charge is 0.329 e. The SMILES string of the molecule is CC[C@H](C)[C@H]1c2nc(-c3cccnc3)nn2CCN1C(=O)Cn1ccc(C)n1. The molecule has 0 saturated carbocycles. The number of rotatable bonds is 5. The molecule has 8 nitrogen and oxygen atoms in total. The number of aromatic nitrogens is 6. The summed E-state index contributed by atoms with van der Waals surface area (Å²) < 4.78 is 3.65. The molecule has 0 N–H and O–H groups in total. The molecule has 0 spiro atoms. The van der Waals surface area contributed by atoms with Crippen molar-refractivity contribution in [2.24, 2.45) is 5.92 Å². The Balaban J connectivity index is 1.65. The average molecular weight is 379 g/mol. The van der Waals surface area contributed by atoms with E-state index in [9.17, 15) is 4.79 Å². The summed E-state index contributed by atoms with van der Waals surface area (Å²) in [6.07, 6.45) is 6.30. The number of fused-ring (bicyclic) bond motifs is 1. The smallest absolute Gasteiger partial charge is 0.244 e. The highest BCUT2D eigenvalue weighted by Gasteiger charge is 2.36. The molecule has 146 valence electrons. The summed E-state index contributed by atoms with van der Waals surface area (Å²) in [5, 5.41) is 9.03. The zero-order chi connectivity index (χ0) is 19.7. The van der Waals surface area contributed by atoms with E-state index in [0.29, 0.717) is 18.9 Å². The van der Waals surface area contributed by atoms with Gasteiger partial charge in [-0.15, -0.1) is 0 Å². The first kappa shape index (κ1) is 18.3. The fourth-order valence-electron chi connectivity index (χ4n) is 3.68. The van der Waals surface area contributed by atoms with Crippen molar-refractivity contribution in [2.45, 2.75) is 46.3 Å². The average Bonchev–Trinajstić information content (AvgIpc) is 3.33. The molecule has 4 rings (SSSR count). The zero-order valence-corrected chi connectivity index (χ0v) is 16.5. The molecule has 0 saturated heterocycles. The molecule has 0 fully saturated rings. The highest BCUT2D eigenvalue weighted by atomic mass is 16.2. The van der Waals surface area contributed by atoms with Gasteiger partial charge >= 0.3 is 0 Å². The highest BCUT2D eigenvalue weighted by Crippen LogP contribution is 2.34. The molecule has 3 aromatic heterocycles. The second-order valence-electron chi connectivity index (χ2n) is 7.33. The summed E-state index contributed by atoms with van der Waals surface area (Å²) in [6, 6.07) is 5.65. The molecule has 4 heterocycles. The third kappa shape index (κ3) is 3.42. The molecule has 0 radical (unpaired) electrons. The molecule has 1 amide bonds. The lowest BCUT2D eigenvalue weighted by Gasteiger charge is -2.38. The van der Waals surface area contributed by atoms with E-state index in [4.69, 9.17) is 4.98 Å². The first-order valence-corrected chi connectivity index (χ1v) is 9.71. The molecule has 1 aliphatic rings. The first-order chi connectivity index (χ1) is 13.6. The van der Waals surface area contributed by atoms with E-state index in [-0.39, 0.29) is 24.4 Å². The maximum atomic E-state index is 13.1. The Hall–Kier alpha value is -3.03. The van der Waals surface area contributed by atoms with Crippen LogP contribution in [0.4, 0.5) is 0 Å². The fraction of sp³-hybridized carbons (Fsp3) is 0.450. The van der Waals surface area contributed by atoms with E-state index in [0.717, 1.165) is 23.5 Å². The molecule has 0 aromatic carbocycles. The molecule has 1 aliphatic heterocycles. The van der Waals surface area contributed by atoms with E-state index in [1.165, 1.54) is 0 Å². The number of carbonyl (C=O) groups excluding carboxylic acids is 1. The maximum absolute atomic E-state index is 13.1. The number of carbonyl (C=O) groups is 1. The summed E-state index contributed by atoms with van der Waals surface area (Å²) in [4.78, 5) is 24.0. The number of aryl methyl sites for hydroxylation is 1. The monoisotopic (exact) mass is 379 g/mol. The van der Waals surface area contributed by atoms with Gasteiger partial charge < -0.3 is 4.90 Å². The predicted octanol–water partition coefficient (Wildman–Crippen LogP) is 2.47. The van der Waals surface area contributed by atoms with E-state index in [1.54, 1.807) is 17.1 Å². The van der Waals surface area contributed by atoms with Crippen molar-refractivity contribution in [3.05, 3.63) is 48.3 Å². The predicted molar refractivity (Wildman–Crippen MR) is 104 cm³/mol. The molecule has 0 aliphatic carbocycles. The second kappa shape index (κ2) is 7.53. The highest BCUT2D eigenvalue weighted by molar-refractivity contribution is 5.76. The Morgan fingerprint density at radius 3 is 2.82 bits per heavy atom. The van der Waals surface area contributed by atoms with Gasteiger partial charge in [-0.05, 0) is 31.0 Å². The third-order valence-corrected chi connectivity index (χ3v) is 5.35. The fourth-order valence-corrected chi connectivity index (χ4v) is 3.68. The topological polar surface area (TPSA) is 81.7 Å². The Morgan fingerprint density at radius 2 is 2.14 bits per heavy atom. The Kier molecular flexibility index (Phi) is 4.93. The lowest BCUT2D eigenvalue weighted by molar-refractivity contribution is -0.137. The van der Waals surface area contributed by atoms with Gasteiger partial charge in [0.05, 0.1) is 18.3 Å². The van der Waals surface area contributed by atoms with Gasteiger partial charge in [0.2, 0.25) is 5.91 Å². The van der Waals surface area contributed by atoms with Crippen LogP contribution in [0.15, 0.2) is 36.8 Å². The molecule has 0 bridgehead atoms. The van der Waals surface area contributed by atoms with Crippen molar-refractivity contribution in [3.8, 4) is 11.4 Å². The van der Waals surface area contributed by atoms with Crippen LogP contribution in [0.5, 0.6) is 0 Å². The van der Waals surface area contributed by atoms with Gasteiger partial charge in [0, 0.05) is 30.7 Å². The Morgan fingerprint density at radius 1 is 1.29 bits per heavy atom. The summed E-state index contributed by atoms with van der Waals surface area (Å²) >= 11 is 0. The van der Waals surface area contributed by atoms with Crippen LogP contribution in [0.25, 0.3) is 11.4 Å². The van der Waals surface area contributed by atoms with Crippen LogP contribution in [0.1, 0.15) is 37.8 Å². The summed E-state index contributed by atoms with van der Waals surface area (Å²) in [5.41, 5.74) is 1.79. The van der Waals surface area contributed by atoms with Gasteiger partial charge in [-0.25, -0.2) is 9.67 Å². The Labute approximate surface area is 164 Å². The van der Waals surface area contributed by atoms with Crippen LogP contribution in [-0.4, -0.2) is 46.9 Å². The zero-order valence-electron chi connectivity index (χ0n) is 16.5. The molecular weight excluding hydrogens is 354 g/mol.